The molecule has 0 aliphatic carbocycles. The van der Waals surface area contributed by atoms with Gasteiger partial charge in [-0.1, -0.05) is 5.11 Å². The summed E-state index contributed by atoms with van der Waals surface area (Å²) in [6.07, 6.45) is -3.10. The molecule has 0 unspecified atom stereocenters. The van der Waals surface area contributed by atoms with Crippen LogP contribution >= 0.6 is 0 Å². The molecule has 15 heavy (non-hydrogen) atoms. The molecule has 0 aromatic heterocycles. The van der Waals surface area contributed by atoms with Gasteiger partial charge in [-0.3, -0.25) is 0 Å². The van der Waals surface area contributed by atoms with Gasteiger partial charge in [-0.25, -0.2) is 0 Å². The van der Waals surface area contributed by atoms with Crippen molar-refractivity contribution in [2.24, 2.45) is 10.8 Å². The highest BCUT2D eigenvalue weighted by Gasteiger charge is 2.57. The number of aliphatic hydroxyl groups is 2. The monoisotopic (exact) mass is 216 g/mol. The number of hydrogen-bond acceptors (Lipinski definition) is 6. The first-order valence-corrected chi connectivity index (χ1v) is 4.53. The van der Waals surface area contributed by atoms with E-state index in [2.05, 4.69) is 10.0 Å². The van der Waals surface area contributed by atoms with E-state index in [9.17, 15) is 10.2 Å². The topological polar surface area (TPSA) is 134 Å². The third-order valence-electron chi connectivity index (χ3n) is 2.82. The fourth-order valence-electron chi connectivity index (χ4n) is 1.88. The molecule has 2 aliphatic heterocycles. The second-order valence-corrected chi connectivity index (χ2v) is 3.76. The van der Waals surface area contributed by atoms with Crippen LogP contribution in [0.25, 0.3) is 10.4 Å². The van der Waals surface area contributed by atoms with Crippen molar-refractivity contribution in [3.05, 3.63) is 10.4 Å². The summed E-state index contributed by atoms with van der Waals surface area (Å²) >= 11 is 0. The number of fused-ring (bicyclic) bond motifs is 2. The molecule has 0 saturated carbocycles. The average molecular weight is 216 g/mol. The number of aliphatic hydroxyl groups excluding tert-OH is 2. The van der Waals surface area contributed by atoms with Gasteiger partial charge in [0, 0.05) is 4.91 Å². The van der Waals surface area contributed by atoms with E-state index in [-0.39, 0.29) is 13.2 Å². The number of hydrogen-bond donors (Lipinski definition) is 3. The molecule has 8 heteroatoms. The molecule has 84 valence electrons. The van der Waals surface area contributed by atoms with Gasteiger partial charge in [0.05, 0.1) is 19.2 Å². The number of rotatable bonds is 2. The van der Waals surface area contributed by atoms with Crippen molar-refractivity contribution in [3.63, 3.8) is 0 Å². The van der Waals surface area contributed by atoms with Crippen LogP contribution in [0.4, 0.5) is 0 Å². The lowest BCUT2D eigenvalue weighted by Crippen LogP contribution is -2.64. The maximum Gasteiger partial charge on any atom is 0.176 e. The van der Waals surface area contributed by atoms with Crippen molar-refractivity contribution in [2.75, 3.05) is 13.2 Å². The minimum Gasteiger partial charge on any atom is -0.388 e. The molecule has 2 rings (SSSR count). The molecule has 4 N–H and O–H groups in total. The molecule has 0 radical (unpaired) electrons. The Morgan fingerprint density at radius 3 is 3.00 bits per heavy atom. The Morgan fingerprint density at radius 2 is 2.33 bits per heavy atom. The molecule has 2 fully saturated rings. The summed E-state index contributed by atoms with van der Waals surface area (Å²) in [5, 5.41) is 22.8. The Hall–Kier alpha value is -0.890. The molecule has 8 nitrogen and oxygen atoms in total. The Kier molecular flexibility index (Phi) is 2.55. The maximum absolute atomic E-state index is 9.79. The number of nitrogens with zero attached hydrogens (tertiary/aromatic N) is 3. The molecule has 5 atom stereocenters. The fraction of sp³-hybridized carbons (Fsp3) is 1.00. The zero-order chi connectivity index (χ0) is 11.1. The molecular weight excluding hydrogens is 204 g/mol. The first-order valence-electron chi connectivity index (χ1n) is 4.53. The zero-order valence-corrected chi connectivity index (χ0v) is 7.85. The second kappa shape index (κ2) is 3.60. The lowest BCUT2D eigenvalue weighted by atomic mass is 9.88. The number of nitrogens with two attached hydrogens (primary N) is 1. The lowest BCUT2D eigenvalue weighted by molar-refractivity contribution is -0.215. The van der Waals surface area contributed by atoms with Crippen LogP contribution in [0, 0.1) is 0 Å². The van der Waals surface area contributed by atoms with Gasteiger partial charge in [0.15, 0.2) is 6.29 Å². The van der Waals surface area contributed by atoms with Crippen molar-refractivity contribution in [2.45, 2.75) is 30.1 Å². The van der Waals surface area contributed by atoms with Crippen molar-refractivity contribution < 1.29 is 19.7 Å². The maximum atomic E-state index is 9.79. The SMILES string of the molecule is [N-]=[N+]=NC[C@@]12CO[C@@H](O1)[C@H](N)[C@@H](O)[C@H]2O. The Balaban J connectivity index is 2.23. The first-order chi connectivity index (χ1) is 7.10. The normalized spacial score (nSPS) is 48.7. The summed E-state index contributed by atoms with van der Waals surface area (Å²) in [7, 11) is 0. The molecule has 0 spiro atoms. The van der Waals surface area contributed by atoms with E-state index in [0.717, 1.165) is 0 Å². The van der Waals surface area contributed by atoms with E-state index < -0.39 is 30.1 Å². The highest BCUT2D eigenvalue weighted by atomic mass is 16.7. The number of azide groups is 1. The second-order valence-electron chi connectivity index (χ2n) is 3.76. The molecule has 2 saturated heterocycles. The van der Waals surface area contributed by atoms with Crippen LogP contribution in [0.15, 0.2) is 5.11 Å². The van der Waals surface area contributed by atoms with Crippen LogP contribution in [0.2, 0.25) is 0 Å². The molecular formula is C7H12N4O4. The van der Waals surface area contributed by atoms with Gasteiger partial charge >= 0.3 is 0 Å². The quantitative estimate of drug-likeness (QED) is 0.292. The predicted octanol–water partition coefficient (Wildman–Crippen LogP) is -1.53. The van der Waals surface area contributed by atoms with Gasteiger partial charge < -0.3 is 25.4 Å². The largest absolute Gasteiger partial charge is 0.388 e. The average Bonchev–Trinajstić information content (AvgIpc) is 2.65. The van der Waals surface area contributed by atoms with Crippen molar-refractivity contribution in [3.8, 4) is 0 Å². The summed E-state index contributed by atoms with van der Waals surface area (Å²) in [6.45, 7) is -0.0342. The minimum absolute atomic E-state index is 0.0581. The van der Waals surface area contributed by atoms with E-state index in [0.29, 0.717) is 0 Å². The van der Waals surface area contributed by atoms with E-state index >= 15 is 0 Å². The van der Waals surface area contributed by atoms with Crippen LogP contribution in [0.5, 0.6) is 0 Å². The van der Waals surface area contributed by atoms with Gasteiger partial charge in [-0.2, -0.15) is 0 Å². The summed E-state index contributed by atoms with van der Waals surface area (Å²) < 4.78 is 10.5. The van der Waals surface area contributed by atoms with Gasteiger partial charge in [0.2, 0.25) is 0 Å². The van der Waals surface area contributed by atoms with Gasteiger partial charge in [-0.05, 0) is 5.53 Å². The zero-order valence-electron chi connectivity index (χ0n) is 7.85. The highest BCUT2D eigenvalue weighted by molar-refractivity contribution is 5.06. The van der Waals surface area contributed by atoms with Crippen LogP contribution in [-0.4, -0.2) is 53.5 Å². The van der Waals surface area contributed by atoms with Crippen molar-refractivity contribution in [1.82, 2.24) is 0 Å². The van der Waals surface area contributed by atoms with Crippen LogP contribution < -0.4 is 5.73 Å². The van der Waals surface area contributed by atoms with Crippen LogP contribution in [-0.2, 0) is 9.47 Å². The number of ether oxygens (including phenoxy) is 2. The predicted molar refractivity (Wildman–Crippen MR) is 47.6 cm³/mol. The summed E-state index contributed by atoms with van der Waals surface area (Å²) in [5.74, 6) is 0. The molecule has 0 aromatic rings. The molecule has 0 amide bonds. The molecule has 2 aliphatic rings. The molecule has 0 aromatic carbocycles. The van der Waals surface area contributed by atoms with Gasteiger partial charge in [-0.15, -0.1) is 0 Å². The van der Waals surface area contributed by atoms with Crippen LogP contribution in [0.3, 0.4) is 0 Å². The van der Waals surface area contributed by atoms with Gasteiger partial charge in [0.1, 0.15) is 17.8 Å². The standard InChI is InChI=1S/C7H12N4O4/c8-3-4(12)5(13)7(1-10-11-9)2-14-6(3)15-7/h3-6,12-13H,1-2,8H2/t3-,4-,5-,6+,7+/m1/s1. The van der Waals surface area contributed by atoms with E-state index in [1.807, 2.05) is 0 Å². The highest BCUT2D eigenvalue weighted by Crippen LogP contribution is 2.36. The summed E-state index contributed by atoms with van der Waals surface area (Å²) in [5.41, 5.74) is 12.6. The fourth-order valence-corrected chi connectivity index (χ4v) is 1.88. The third-order valence-corrected chi connectivity index (χ3v) is 2.82. The Bertz CT molecular complexity index is 307. The van der Waals surface area contributed by atoms with Crippen molar-refractivity contribution >= 4 is 0 Å². The summed E-state index contributed by atoms with van der Waals surface area (Å²) in [6, 6.07) is -0.790. The Morgan fingerprint density at radius 1 is 1.60 bits per heavy atom. The Labute approximate surface area is 85.2 Å². The third kappa shape index (κ3) is 1.48. The minimum atomic E-state index is -1.21. The van der Waals surface area contributed by atoms with Crippen LogP contribution in [0.1, 0.15) is 0 Å². The lowest BCUT2D eigenvalue weighted by Gasteiger charge is -2.40. The van der Waals surface area contributed by atoms with E-state index in [4.69, 9.17) is 20.7 Å². The molecule has 2 heterocycles. The molecule has 2 bridgehead atoms. The first kappa shape index (κ1) is 10.6. The summed E-state index contributed by atoms with van der Waals surface area (Å²) in [4.78, 5) is 2.59. The van der Waals surface area contributed by atoms with E-state index in [1.54, 1.807) is 0 Å². The smallest absolute Gasteiger partial charge is 0.176 e. The van der Waals surface area contributed by atoms with Gasteiger partial charge in [0.25, 0.3) is 0 Å². The van der Waals surface area contributed by atoms with Crippen molar-refractivity contribution in [1.29, 1.82) is 0 Å². The van der Waals surface area contributed by atoms with E-state index in [1.165, 1.54) is 0 Å².